The van der Waals surface area contributed by atoms with Crippen LogP contribution in [0.1, 0.15) is 30.5 Å². The van der Waals surface area contributed by atoms with Crippen molar-refractivity contribution in [1.29, 1.82) is 0 Å². The minimum atomic E-state index is 0.0194. The lowest BCUT2D eigenvalue weighted by Crippen LogP contribution is -2.31. The number of carbonyl (C=O) groups is 1. The minimum Gasteiger partial charge on any atom is -0.283 e. The van der Waals surface area contributed by atoms with Gasteiger partial charge >= 0.3 is 0 Å². The van der Waals surface area contributed by atoms with E-state index in [0.717, 1.165) is 26.9 Å². The van der Waals surface area contributed by atoms with E-state index in [-0.39, 0.29) is 5.91 Å². The molecule has 0 aliphatic carbocycles. The third-order valence-electron chi connectivity index (χ3n) is 5.05. The van der Waals surface area contributed by atoms with Crippen molar-refractivity contribution in [1.82, 2.24) is 4.98 Å². The number of thioether (sulfide) groups is 1. The third kappa shape index (κ3) is 5.34. The Morgan fingerprint density at radius 2 is 1.75 bits per heavy atom. The fourth-order valence-corrected chi connectivity index (χ4v) is 5.63. The number of rotatable bonds is 7. The van der Waals surface area contributed by atoms with Gasteiger partial charge in [-0.05, 0) is 41.8 Å². The number of hydrogen-bond acceptors (Lipinski definition) is 4. The lowest BCUT2D eigenvalue weighted by Gasteiger charge is -2.20. The summed E-state index contributed by atoms with van der Waals surface area (Å²) in [6, 6.07) is 22.2. The van der Waals surface area contributed by atoms with Gasteiger partial charge in [0.25, 0.3) is 0 Å². The standard InChI is InChI=1S/C26H25ClN2OS2/c1-17(2)31-21-12-10-19(11-13-21)15-23(30)29(16-20-7-5-4-6-8-20)26-28-24-18(3)9-14-22(27)25(24)32-26/h4-14,17H,15-16H2,1-3H3. The Balaban J connectivity index is 1.64. The summed E-state index contributed by atoms with van der Waals surface area (Å²) in [6.45, 7) is 6.84. The summed E-state index contributed by atoms with van der Waals surface area (Å²) in [6.07, 6.45) is 0.322. The molecule has 3 aromatic carbocycles. The first-order chi connectivity index (χ1) is 15.4. The molecule has 1 heterocycles. The number of benzene rings is 3. The maximum Gasteiger partial charge on any atom is 0.233 e. The molecule has 4 rings (SSSR count). The van der Waals surface area contributed by atoms with Crippen LogP contribution in [0.15, 0.2) is 71.6 Å². The van der Waals surface area contributed by atoms with Crippen molar-refractivity contribution in [2.75, 3.05) is 4.90 Å². The molecule has 0 radical (unpaired) electrons. The summed E-state index contributed by atoms with van der Waals surface area (Å²) < 4.78 is 0.919. The largest absolute Gasteiger partial charge is 0.283 e. The second-order valence-corrected chi connectivity index (χ2v) is 11.0. The highest BCUT2D eigenvalue weighted by Gasteiger charge is 2.22. The van der Waals surface area contributed by atoms with E-state index in [2.05, 4.69) is 26.0 Å². The summed E-state index contributed by atoms with van der Waals surface area (Å²) in [4.78, 5) is 21.3. The highest BCUT2D eigenvalue weighted by Crippen LogP contribution is 2.36. The molecule has 0 aliphatic heterocycles. The average Bonchev–Trinajstić information content (AvgIpc) is 3.23. The molecule has 32 heavy (non-hydrogen) atoms. The quantitative estimate of drug-likeness (QED) is 0.256. The number of carbonyl (C=O) groups excluding carboxylic acids is 1. The van der Waals surface area contributed by atoms with E-state index in [9.17, 15) is 4.79 Å². The van der Waals surface area contributed by atoms with Crippen molar-refractivity contribution in [2.24, 2.45) is 0 Å². The number of nitrogens with zero attached hydrogens (tertiary/aromatic N) is 2. The van der Waals surface area contributed by atoms with Crippen LogP contribution in [0.2, 0.25) is 5.02 Å². The average molecular weight is 481 g/mol. The molecule has 0 fully saturated rings. The molecule has 0 atom stereocenters. The van der Waals surface area contributed by atoms with Gasteiger partial charge in [0.2, 0.25) is 5.91 Å². The molecule has 1 aromatic heterocycles. The van der Waals surface area contributed by atoms with Gasteiger partial charge in [0.05, 0.1) is 28.2 Å². The van der Waals surface area contributed by atoms with Gasteiger partial charge in [0.15, 0.2) is 5.13 Å². The Hall–Kier alpha value is -2.34. The summed E-state index contributed by atoms with van der Waals surface area (Å²) in [5.74, 6) is 0.0194. The van der Waals surface area contributed by atoms with E-state index in [4.69, 9.17) is 16.6 Å². The van der Waals surface area contributed by atoms with Gasteiger partial charge in [-0.15, -0.1) is 11.8 Å². The Kier molecular flexibility index (Phi) is 7.19. The Bertz CT molecular complexity index is 1180. The first-order valence-electron chi connectivity index (χ1n) is 10.6. The lowest BCUT2D eigenvalue weighted by atomic mass is 10.1. The zero-order valence-electron chi connectivity index (χ0n) is 18.3. The van der Waals surface area contributed by atoms with Crippen LogP contribution in [0.4, 0.5) is 5.13 Å². The molecular weight excluding hydrogens is 456 g/mol. The van der Waals surface area contributed by atoms with E-state index < -0.39 is 0 Å². The Morgan fingerprint density at radius 3 is 2.41 bits per heavy atom. The van der Waals surface area contributed by atoms with Crippen molar-refractivity contribution in [3.05, 3.63) is 88.4 Å². The summed E-state index contributed by atoms with van der Waals surface area (Å²) >= 11 is 9.72. The number of aryl methyl sites for hydroxylation is 1. The van der Waals surface area contributed by atoms with Crippen molar-refractivity contribution < 1.29 is 4.79 Å². The fraction of sp³-hybridized carbons (Fsp3) is 0.231. The van der Waals surface area contributed by atoms with Crippen molar-refractivity contribution in [2.45, 2.75) is 43.9 Å². The van der Waals surface area contributed by atoms with E-state index in [1.54, 1.807) is 4.90 Å². The van der Waals surface area contributed by atoms with Gasteiger partial charge in [-0.3, -0.25) is 9.69 Å². The SMILES string of the molecule is Cc1ccc(Cl)c2sc(N(Cc3ccccc3)C(=O)Cc3ccc(SC(C)C)cc3)nc12. The summed E-state index contributed by atoms with van der Waals surface area (Å²) in [7, 11) is 0. The van der Waals surface area contributed by atoms with Gasteiger partial charge in [0.1, 0.15) is 0 Å². The zero-order chi connectivity index (χ0) is 22.7. The molecule has 0 spiro atoms. The van der Waals surface area contributed by atoms with Gasteiger partial charge < -0.3 is 0 Å². The van der Waals surface area contributed by atoms with Crippen LogP contribution >= 0.6 is 34.7 Å². The molecule has 0 bridgehead atoms. The van der Waals surface area contributed by atoms with Gasteiger partial charge in [-0.1, -0.05) is 85.3 Å². The van der Waals surface area contributed by atoms with E-state index >= 15 is 0 Å². The second kappa shape index (κ2) is 10.1. The summed E-state index contributed by atoms with van der Waals surface area (Å²) in [5.41, 5.74) is 3.97. The molecule has 1 amide bonds. The molecule has 0 saturated carbocycles. The minimum absolute atomic E-state index is 0.0194. The maximum atomic E-state index is 13.5. The molecule has 3 nitrogen and oxygen atoms in total. The predicted molar refractivity (Wildman–Crippen MR) is 138 cm³/mol. The number of anilines is 1. The molecule has 0 saturated heterocycles. The topological polar surface area (TPSA) is 33.2 Å². The van der Waals surface area contributed by atoms with Crippen LogP contribution in [0.3, 0.4) is 0 Å². The first-order valence-corrected chi connectivity index (χ1v) is 12.6. The monoisotopic (exact) mass is 480 g/mol. The Labute approximate surface area is 202 Å². The second-order valence-electron chi connectivity index (χ2n) is 7.99. The number of amides is 1. The van der Waals surface area contributed by atoms with Gasteiger partial charge in [0, 0.05) is 10.1 Å². The normalized spacial score (nSPS) is 11.3. The van der Waals surface area contributed by atoms with E-state index in [0.29, 0.717) is 28.4 Å². The first kappa shape index (κ1) is 22.8. The van der Waals surface area contributed by atoms with Crippen LogP contribution in [0.5, 0.6) is 0 Å². The lowest BCUT2D eigenvalue weighted by molar-refractivity contribution is -0.118. The number of hydrogen-bond donors (Lipinski definition) is 0. The molecule has 0 unspecified atom stereocenters. The van der Waals surface area contributed by atoms with Gasteiger partial charge in [-0.2, -0.15) is 0 Å². The van der Waals surface area contributed by atoms with Gasteiger partial charge in [-0.25, -0.2) is 4.98 Å². The number of halogens is 1. The number of fused-ring (bicyclic) bond motifs is 1. The van der Waals surface area contributed by atoms with Crippen molar-refractivity contribution in [3.63, 3.8) is 0 Å². The van der Waals surface area contributed by atoms with Crippen LogP contribution in [0, 0.1) is 6.92 Å². The molecule has 0 N–H and O–H groups in total. The highest BCUT2D eigenvalue weighted by atomic mass is 35.5. The Morgan fingerprint density at radius 1 is 1.03 bits per heavy atom. The van der Waals surface area contributed by atoms with Crippen LogP contribution < -0.4 is 4.90 Å². The van der Waals surface area contributed by atoms with Crippen LogP contribution in [-0.2, 0) is 17.8 Å². The molecule has 6 heteroatoms. The fourth-order valence-electron chi connectivity index (χ4n) is 3.46. The molecule has 164 valence electrons. The number of thiazole rings is 1. The molecule has 0 aliphatic rings. The van der Waals surface area contributed by atoms with Crippen LogP contribution in [-0.4, -0.2) is 16.1 Å². The maximum absolute atomic E-state index is 13.5. The zero-order valence-corrected chi connectivity index (χ0v) is 20.7. The van der Waals surface area contributed by atoms with Crippen molar-refractivity contribution >= 4 is 56.0 Å². The molecule has 4 aromatic rings. The van der Waals surface area contributed by atoms with Crippen molar-refractivity contribution in [3.8, 4) is 0 Å². The van der Waals surface area contributed by atoms with Crippen LogP contribution in [0.25, 0.3) is 10.2 Å². The van der Waals surface area contributed by atoms with E-state index in [1.807, 2.05) is 73.3 Å². The third-order valence-corrected chi connectivity index (χ3v) is 7.61. The smallest absolute Gasteiger partial charge is 0.233 e. The molecular formula is C26H25ClN2OS2. The van der Waals surface area contributed by atoms with E-state index in [1.165, 1.54) is 16.2 Å². The highest BCUT2D eigenvalue weighted by molar-refractivity contribution is 7.99. The number of aromatic nitrogens is 1. The predicted octanol–water partition coefficient (Wildman–Crippen LogP) is 7.53. The summed E-state index contributed by atoms with van der Waals surface area (Å²) in [5, 5.41) is 1.87.